The van der Waals surface area contributed by atoms with E-state index in [4.69, 9.17) is 24.3 Å². The summed E-state index contributed by atoms with van der Waals surface area (Å²) in [5.74, 6) is 1.53. The molecule has 1 aromatic heterocycles. The summed E-state index contributed by atoms with van der Waals surface area (Å²) in [6.45, 7) is 0.404. The number of hydrogen-bond donors (Lipinski definition) is 1. The van der Waals surface area contributed by atoms with Gasteiger partial charge in [-0.1, -0.05) is 146 Å². The summed E-state index contributed by atoms with van der Waals surface area (Å²) < 4.78 is 12.8. The van der Waals surface area contributed by atoms with Gasteiger partial charge < -0.3 is 14.3 Å². The fraction of sp³-hybridized carbons (Fsp3) is 0.106. The summed E-state index contributed by atoms with van der Waals surface area (Å²) in [6, 6.07) is 36.0. The van der Waals surface area contributed by atoms with Gasteiger partial charge >= 0.3 is 0 Å². The SMILES string of the molecule is NC(=NC(=NCc1cccc2oc3c(-c4ccc5ccccc5c4)cccc3c12)C1=CC2C=CC=CC2C=C1)C1=CC=CC2OSc3ccccc3C12. The summed E-state index contributed by atoms with van der Waals surface area (Å²) >= 11 is 1.42. The summed E-state index contributed by atoms with van der Waals surface area (Å²) in [6.07, 6.45) is 21.4. The van der Waals surface area contributed by atoms with Gasteiger partial charge in [0.1, 0.15) is 23.1 Å². The minimum atomic E-state index is -0.135. The van der Waals surface area contributed by atoms with Crippen LogP contribution in [-0.4, -0.2) is 17.8 Å². The van der Waals surface area contributed by atoms with Crippen molar-refractivity contribution in [2.75, 3.05) is 0 Å². The smallest absolute Gasteiger partial charge is 0.156 e. The van der Waals surface area contributed by atoms with Crippen molar-refractivity contribution in [2.24, 2.45) is 27.6 Å². The Morgan fingerprint density at radius 1 is 0.774 bits per heavy atom. The van der Waals surface area contributed by atoms with Gasteiger partial charge in [-0.05, 0) is 45.7 Å². The fourth-order valence-electron chi connectivity index (χ4n) is 8.05. The highest BCUT2D eigenvalue weighted by molar-refractivity contribution is 7.94. The number of fused-ring (bicyclic) bond motifs is 8. The first-order valence-electron chi connectivity index (χ1n) is 18.1. The maximum Gasteiger partial charge on any atom is 0.156 e. The fourth-order valence-corrected chi connectivity index (χ4v) is 8.87. The highest BCUT2D eigenvalue weighted by atomic mass is 32.2. The van der Waals surface area contributed by atoms with Gasteiger partial charge in [-0.3, -0.25) is 4.99 Å². The Morgan fingerprint density at radius 3 is 2.57 bits per heavy atom. The van der Waals surface area contributed by atoms with Crippen molar-refractivity contribution in [2.45, 2.75) is 23.5 Å². The lowest BCUT2D eigenvalue weighted by molar-refractivity contribution is 0.261. The molecule has 0 amide bonds. The van der Waals surface area contributed by atoms with Crippen molar-refractivity contribution >= 4 is 56.4 Å². The van der Waals surface area contributed by atoms with Crippen LogP contribution in [0.4, 0.5) is 0 Å². The van der Waals surface area contributed by atoms with E-state index in [1.807, 2.05) is 24.3 Å². The van der Waals surface area contributed by atoms with Crippen LogP contribution in [-0.2, 0) is 10.7 Å². The first-order valence-corrected chi connectivity index (χ1v) is 18.8. The first kappa shape index (κ1) is 31.8. The van der Waals surface area contributed by atoms with E-state index in [0.717, 1.165) is 54.7 Å². The number of hydrogen-bond acceptors (Lipinski definition) is 4. The van der Waals surface area contributed by atoms with E-state index in [2.05, 4.69) is 140 Å². The Bertz CT molecular complexity index is 2710. The van der Waals surface area contributed by atoms with E-state index >= 15 is 0 Å². The standard InChI is InChI=1S/C47H35N3O2S/c48-46(39-18-9-20-41-44(39)37-15-5-6-21-42(37)53-52-41)50-47(34-25-23-30-11-2-4-13-32(30)27-34)49-28-35-14-7-19-40-43(35)38-17-8-16-36(45(38)51-40)33-24-22-29-10-1-3-12-31(29)26-33/h1-27,30,32,41,44H,28H2,(H2,48,49,50). The maximum atomic E-state index is 6.99. The molecular formula is C47H35N3O2S. The van der Waals surface area contributed by atoms with Crippen molar-refractivity contribution in [3.8, 4) is 11.1 Å². The zero-order valence-corrected chi connectivity index (χ0v) is 29.6. The largest absolute Gasteiger partial charge is 0.455 e. The molecule has 0 bridgehead atoms. The van der Waals surface area contributed by atoms with Crippen LogP contribution in [0, 0.1) is 11.8 Å². The van der Waals surface area contributed by atoms with E-state index < -0.39 is 0 Å². The second kappa shape index (κ2) is 13.2. The number of rotatable bonds is 5. The normalized spacial score (nSPS) is 22.1. The summed E-state index contributed by atoms with van der Waals surface area (Å²) in [5.41, 5.74) is 15.0. The molecule has 0 radical (unpaired) electrons. The molecule has 4 aliphatic rings. The number of aliphatic imine (C=N–C) groups is 2. The molecule has 1 aliphatic heterocycles. The third-order valence-corrected chi connectivity index (χ3v) is 11.6. The Morgan fingerprint density at radius 2 is 1.62 bits per heavy atom. The molecule has 6 heteroatoms. The van der Waals surface area contributed by atoms with Gasteiger partial charge in [-0.15, -0.1) is 0 Å². The van der Waals surface area contributed by atoms with Gasteiger partial charge in [0.2, 0.25) is 0 Å². The predicted octanol–water partition coefficient (Wildman–Crippen LogP) is 11.2. The monoisotopic (exact) mass is 705 g/mol. The Balaban J connectivity index is 1.06. The zero-order chi connectivity index (χ0) is 35.3. The van der Waals surface area contributed by atoms with E-state index in [0.29, 0.717) is 24.1 Å². The van der Waals surface area contributed by atoms with Crippen molar-refractivity contribution in [3.63, 3.8) is 0 Å². The number of benzene rings is 5. The number of amidine groups is 2. The molecule has 0 saturated carbocycles. The van der Waals surface area contributed by atoms with Gasteiger partial charge in [-0.25, -0.2) is 4.99 Å². The number of para-hydroxylation sites is 1. The van der Waals surface area contributed by atoms with Gasteiger partial charge in [-0.2, -0.15) is 0 Å². The molecule has 0 saturated heterocycles. The zero-order valence-electron chi connectivity index (χ0n) is 28.8. The highest BCUT2D eigenvalue weighted by Gasteiger charge is 2.35. The molecule has 10 rings (SSSR count). The van der Waals surface area contributed by atoms with Crippen molar-refractivity contribution < 1.29 is 8.60 Å². The van der Waals surface area contributed by atoms with Crippen LogP contribution in [0.3, 0.4) is 0 Å². The lowest BCUT2D eigenvalue weighted by Gasteiger charge is -2.34. The molecular weight excluding hydrogens is 671 g/mol. The lowest BCUT2D eigenvalue weighted by atomic mass is 9.82. The molecule has 5 aromatic carbocycles. The molecule has 6 aromatic rings. The average molecular weight is 706 g/mol. The van der Waals surface area contributed by atoms with Crippen molar-refractivity contribution in [1.29, 1.82) is 0 Å². The minimum Gasteiger partial charge on any atom is -0.455 e. The van der Waals surface area contributed by atoms with Crippen molar-refractivity contribution in [1.82, 2.24) is 0 Å². The molecule has 4 unspecified atom stereocenters. The molecule has 256 valence electrons. The Hall–Kier alpha value is -5.95. The third kappa shape index (κ3) is 5.71. The molecule has 3 aliphatic carbocycles. The van der Waals surface area contributed by atoms with Crippen molar-refractivity contribution in [3.05, 3.63) is 186 Å². The van der Waals surface area contributed by atoms with Crippen LogP contribution < -0.4 is 5.73 Å². The van der Waals surface area contributed by atoms with Crippen LogP contribution in [0.2, 0.25) is 0 Å². The lowest BCUT2D eigenvalue weighted by Crippen LogP contribution is -2.32. The van der Waals surface area contributed by atoms with Gasteiger partial charge in [0.15, 0.2) is 5.84 Å². The Labute approximate surface area is 312 Å². The summed E-state index contributed by atoms with van der Waals surface area (Å²) in [7, 11) is 0. The van der Waals surface area contributed by atoms with Gasteiger partial charge in [0, 0.05) is 62.2 Å². The summed E-state index contributed by atoms with van der Waals surface area (Å²) in [5, 5.41) is 4.55. The first-order chi connectivity index (χ1) is 26.2. The third-order valence-electron chi connectivity index (χ3n) is 10.7. The topological polar surface area (TPSA) is 73.1 Å². The maximum absolute atomic E-state index is 6.99. The molecule has 4 atom stereocenters. The van der Waals surface area contributed by atoms with E-state index in [1.165, 1.54) is 28.4 Å². The molecule has 0 spiro atoms. The summed E-state index contributed by atoms with van der Waals surface area (Å²) in [4.78, 5) is 11.5. The van der Waals surface area contributed by atoms with E-state index in [1.54, 1.807) is 0 Å². The minimum absolute atomic E-state index is 0.0584. The van der Waals surface area contributed by atoms with E-state index in [-0.39, 0.29) is 17.9 Å². The van der Waals surface area contributed by atoms with Crippen LogP contribution in [0.5, 0.6) is 0 Å². The number of allylic oxidation sites excluding steroid dienone is 8. The van der Waals surface area contributed by atoms with Crippen LogP contribution in [0.15, 0.2) is 194 Å². The van der Waals surface area contributed by atoms with E-state index in [9.17, 15) is 0 Å². The van der Waals surface area contributed by atoms with Gasteiger partial charge in [0.25, 0.3) is 0 Å². The number of furan rings is 1. The predicted molar refractivity (Wildman–Crippen MR) is 219 cm³/mol. The highest BCUT2D eigenvalue weighted by Crippen LogP contribution is 2.45. The molecule has 5 nitrogen and oxygen atoms in total. The Kier molecular flexibility index (Phi) is 7.93. The average Bonchev–Trinajstić information content (AvgIpc) is 3.61. The molecule has 2 heterocycles. The molecule has 2 N–H and O–H groups in total. The van der Waals surface area contributed by atoms with Crippen LogP contribution in [0.25, 0.3) is 43.8 Å². The van der Waals surface area contributed by atoms with Gasteiger partial charge in [0.05, 0.1) is 6.54 Å². The second-order valence-electron chi connectivity index (χ2n) is 13.8. The second-order valence-corrected chi connectivity index (χ2v) is 14.6. The van der Waals surface area contributed by atoms with Crippen LogP contribution >= 0.6 is 12.0 Å². The molecule has 0 fully saturated rings. The number of nitrogens with two attached hydrogens (primary N) is 1. The molecule has 53 heavy (non-hydrogen) atoms. The van der Waals surface area contributed by atoms with Crippen LogP contribution in [0.1, 0.15) is 17.0 Å². The number of nitrogens with zero attached hydrogens (tertiary/aromatic N) is 2. The quantitative estimate of drug-likeness (QED) is 0.110.